The van der Waals surface area contributed by atoms with Gasteiger partial charge in [0, 0.05) is 51.3 Å². The van der Waals surface area contributed by atoms with Crippen molar-refractivity contribution in [3.8, 4) is 11.6 Å². The molecule has 4 amide bonds. The molecule has 5 rings (SSSR count). The minimum Gasteiger partial charge on any atom is -0.481 e. The number of piperazine rings is 1. The normalized spacial score (nSPS) is 17.1. The first-order valence-corrected chi connectivity index (χ1v) is 14.9. The number of aryl methyl sites for hydroxylation is 1. The molecular weight excluding hydrogens is 602 g/mol. The van der Waals surface area contributed by atoms with Gasteiger partial charge in [0.05, 0.1) is 17.4 Å². The molecule has 0 aliphatic carbocycles. The summed E-state index contributed by atoms with van der Waals surface area (Å²) in [5.41, 5.74) is 1.15. The van der Waals surface area contributed by atoms with Crippen LogP contribution in [0.3, 0.4) is 0 Å². The monoisotopic (exact) mass is 637 g/mol. The number of nitrogens with one attached hydrogen (secondary N) is 1. The number of aromatic nitrogens is 3. The fraction of sp³-hybridized carbons (Fsp3) is 0.433. The first kappa shape index (κ1) is 32.0. The van der Waals surface area contributed by atoms with Gasteiger partial charge in [0.15, 0.2) is 18.1 Å². The minimum atomic E-state index is -1.19. The third-order valence-electron chi connectivity index (χ3n) is 7.91. The number of ether oxygens (including phenoxy) is 1. The molecule has 0 saturated carbocycles. The van der Waals surface area contributed by atoms with Gasteiger partial charge in [0.2, 0.25) is 11.8 Å². The summed E-state index contributed by atoms with van der Waals surface area (Å²) in [7, 11) is 0. The minimum absolute atomic E-state index is 0.0950. The maximum Gasteiger partial charge on any atom is 0.407 e. The standard InChI is InChI=1S/C30H35N7O9/c1-19-16-24(46-33-19)23-8-5-11-36(23)25(38)18-45-26-17-22(32-37(26)20-6-3-2-4-7-20)28(41)31-21(9-10-27(39)40)29(42)34-12-14-35(15-13-34)30(43)44/h2-4,6-7,16-17,21,23H,5,8-15,18H2,1H3,(H,31,41)(H,39,40)(H,43,44)/t21-,23-/m0/s1. The number of carboxylic acid groups (broad SMARTS) is 2. The second-order valence-electron chi connectivity index (χ2n) is 11.1. The zero-order valence-corrected chi connectivity index (χ0v) is 25.2. The molecule has 0 spiro atoms. The van der Waals surface area contributed by atoms with E-state index in [9.17, 15) is 34.2 Å². The van der Waals surface area contributed by atoms with Crippen LogP contribution < -0.4 is 10.1 Å². The number of carbonyl (C=O) groups excluding carboxylic acids is 3. The van der Waals surface area contributed by atoms with Crippen LogP contribution in [0.25, 0.3) is 5.69 Å². The van der Waals surface area contributed by atoms with E-state index in [0.29, 0.717) is 18.0 Å². The van der Waals surface area contributed by atoms with Gasteiger partial charge in [0.1, 0.15) is 6.04 Å². The lowest BCUT2D eigenvalue weighted by atomic mass is 10.1. The van der Waals surface area contributed by atoms with Crippen LogP contribution in [0.1, 0.15) is 53.7 Å². The highest BCUT2D eigenvalue weighted by Gasteiger charge is 2.34. The predicted octanol–water partition coefficient (Wildman–Crippen LogP) is 1.70. The lowest BCUT2D eigenvalue weighted by Crippen LogP contribution is -2.55. The molecule has 3 N–H and O–H groups in total. The number of carbonyl (C=O) groups is 5. The number of benzene rings is 1. The Morgan fingerprint density at radius 2 is 1.74 bits per heavy atom. The highest BCUT2D eigenvalue weighted by atomic mass is 16.5. The van der Waals surface area contributed by atoms with Crippen molar-refractivity contribution in [3.05, 3.63) is 59.6 Å². The molecule has 2 aromatic heterocycles. The largest absolute Gasteiger partial charge is 0.481 e. The molecule has 0 radical (unpaired) electrons. The van der Waals surface area contributed by atoms with Crippen LogP contribution in [0.4, 0.5) is 4.79 Å². The van der Waals surface area contributed by atoms with E-state index in [0.717, 1.165) is 18.5 Å². The second-order valence-corrected chi connectivity index (χ2v) is 11.1. The summed E-state index contributed by atoms with van der Waals surface area (Å²) in [5, 5.41) is 29.4. The molecule has 2 atom stereocenters. The van der Waals surface area contributed by atoms with E-state index in [1.807, 2.05) is 6.92 Å². The van der Waals surface area contributed by atoms with Crippen LogP contribution >= 0.6 is 0 Å². The van der Waals surface area contributed by atoms with Crippen LogP contribution in [0.15, 0.2) is 47.0 Å². The summed E-state index contributed by atoms with van der Waals surface area (Å²) < 4.78 is 12.7. The Hall–Kier alpha value is -5.41. The number of hydrogen-bond acceptors (Lipinski definition) is 9. The molecule has 0 bridgehead atoms. The second kappa shape index (κ2) is 14.1. The van der Waals surface area contributed by atoms with E-state index >= 15 is 0 Å². The highest BCUT2D eigenvalue weighted by Crippen LogP contribution is 2.32. The summed E-state index contributed by atoms with van der Waals surface area (Å²) in [6, 6.07) is 10.5. The maximum atomic E-state index is 13.4. The molecule has 4 heterocycles. The number of nitrogens with zero attached hydrogens (tertiary/aromatic N) is 6. The lowest BCUT2D eigenvalue weighted by molar-refractivity contribution is -0.138. The van der Waals surface area contributed by atoms with Crippen molar-refractivity contribution in [1.29, 1.82) is 0 Å². The van der Waals surface area contributed by atoms with Crippen LogP contribution in [0.5, 0.6) is 5.88 Å². The van der Waals surface area contributed by atoms with E-state index in [4.69, 9.17) is 9.26 Å². The first-order valence-electron chi connectivity index (χ1n) is 14.9. The Bertz CT molecular complexity index is 1580. The highest BCUT2D eigenvalue weighted by molar-refractivity contribution is 5.96. The van der Waals surface area contributed by atoms with Gasteiger partial charge in [0.25, 0.3) is 11.8 Å². The molecule has 244 valence electrons. The van der Waals surface area contributed by atoms with Gasteiger partial charge in [-0.3, -0.25) is 19.2 Å². The van der Waals surface area contributed by atoms with Crippen LogP contribution in [-0.2, 0) is 14.4 Å². The van der Waals surface area contributed by atoms with Crippen molar-refractivity contribution in [3.63, 3.8) is 0 Å². The third-order valence-corrected chi connectivity index (χ3v) is 7.91. The van der Waals surface area contributed by atoms with Gasteiger partial charge in [-0.2, -0.15) is 5.10 Å². The van der Waals surface area contributed by atoms with Gasteiger partial charge in [-0.05, 0) is 38.3 Å². The van der Waals surface area contributed by atoms with Gasteiger partial charge in [-0.1, -0.05) is 23.4 Å². The average molecular weight is 638 g/mol. The molecule has 16 heteroatoms. The van der Waals surface area contributed by atoms with Crippen molar-refractivity contribution in [2.75, 3.05) is 39.3 Å². The number of aliphatic carboxylic acids is 1. The summed E-state index contributed by atoms with van der Waals surface area (Å²) in [5.74, 6) is -1.99. The maximum absolute atomic E-state index is 13.4. The van der Waals surface area contributed by atoms with Gasteiger partial charge in [-0.15, -0.1) is 0 Å². The number of rotatable bonds is 11. The molecule has 16 nitrogen and oxygen atoms in total. The van der Waals surface area contributed by atoms with Crippen molar-refractivity contribution in [1.82, 2.24) is 35.0 Å². The fourth-order valence-corrected chi connectivity index (χ4v) is 5.55. The van der Waals surface area contributed by atoms with E-state index in [2.05, 4.69) is 15.6 Å². The molecule has 3 aromatic rings. The first-order chi connectivity index (χ1) is 22.1. The smallest absolute Gasteiger partial charge is 0.407 e. The molecule has 1 aromatic carbocycles. The van der Waals surface area contributed by atoms with E-state index in [1.54, 1.807) is 41.3 Å². The molecule has 2 saturated heterocycles. The third kappa shape index (κ3) is 7.44. The van der Waals surface area contributed by atoms with Gasteiger partial charge < -0.3 is 39.5 Å². The molecule has 0 unspecified atom stereocenters. The van der Waals surface area contributed by atoms with Crippen LogP contribution in [0, 0.1) is 6.92 Å². The Labute approximate surface area is 263 Å². The predicted molar refractivity (Wildman–Crippen MR) is 158 cm³/mol. The average Bonchev–Trinajstić information content (AvgIpc) is 3.82. The van der Waals surface area contributed by atoms with Crippen molar-refractivity contribution >= 4 is 29.8 Å². The number of carboxylic acids is 1. The summed E-state index contributed by atoms with van der Waals surface area (Å²) in [4.78, 5) is 66.9. The Balaban J connectivity index is 1.31. The SMILES string of the molecule is Cc1cc([C@@H]2CCCN2C(=O)COc2cc(C(=O)N[C@@H](CCC(=O)O)C(=O)N3CCN(C(=O)O)CC3)nn2-c2ccccc2)on1. The molecule has 2 aliphatic rings. The quantitative estimate of drug-likeness (QED) is 0.276. The molecule has 2 fully saturated rings. The zero-order chi connectivity index (χ0) is 32.8. The van der Waals surface area contributed by atoms with Gasteiger partial charge in [-0.25, -0.2) is 9.48 Å². The molecule has 2 aliphatic heterocycles. The lowest BCUT2D eigenvalue weighted by Gasteiger charge is -2.35. The zero-order valence-electron chi connectivity index (χ0n) is 25.2. The van der Waals surface area contributed by atoms with Gasteiger partial charge >= 0.3 is 12.1 Å². The van der Waals surface area contributed by atoms with Crippen molar-refractivity contribution < 1.29 is 43.4 Å². The number of para-hydroxylation sites is 1. The molecular formula is C30H35N7O9. The Kier molecular flexibility index (Phi) is 9.83. The fourth-order valence-electron chi connectivity index (χ4n) is 5.55. The van der Waals surface area contributed by atoms with Crippen molar-refractivity contribution in [2.24, 2.45) is 0 Å². The van der Waals surface area contributed by atoms with E-state index in [1.165, 1.54) is 20.5 Å². The van der Waals surface area contributed by atoms with Crippen LogP contribution in [0.2, 0.25) is 0 Å². The number of amides is 4. The summed E-state index contributed by atoms with van der Waals surface area (Å²) in [6.07, 6.45) is -0.144. The summed E-state index contributed by atoms with van der Waals surface area (Å²) >= 11 is 0. The van der Waals surface area contributed by atoms with E-state index < -0.39 is 29.9 Å². The Morgan fingerprint density at radius 3 is 2.39 bits per heavy atom. The number of hydrogen-bond donors (Lipinski definition) is 3. The molecule has 46 heavy (non-hydrogen) atoms. The Morgan fingerprint density at radius 1 is 1.02 bits per heavy atom. The van der Waals surface area contributed by atoms with Crippen LogP contribution in [-0.4, -0.2) is 115 Å². The number of likely N-dealkylation sites (tertiary alicyclic amines) is 1. The van der Waals surface area contributed by atoms with E-state index in [-0.39, 0.29) is 69.2 Å². The van der Waals surface area contributed by atoms with Crippen molar-refractivity contribution in [2.45, 2.75) is 44.7 Å². The topological polar surface area (TPSA) is 201 Å². The summed E-state index contributed by atoms with van der Waals surface area (Å²) in [6.45, 7) is 2.39.